The van der Waals surface area contributed by atoms with Crippen LogP contribution < -0.4 is 4.74 Å². The van der Waals surface area contributed by atoms with Crippen molar-refractivity contribution >= 4 is 35.2 Å². The number of nitrogens with zero attached hydrogens (tertiary/aromatic N) is 1. The second-order valence-electron chi connectivity index (χ2n) is 5.46. The van der Waals surface area contributed by atoms with E-state index in [9.17, 15) is 0 Å². The predicted octanol–water partition coefficient (Wildman–Crippen LogP) is 3.43. The summed E-state index contributed by atoms with van der Waals surface area (Å²) in [6.45, 7) is 8.50. The smallest absolute Gasteiger partial charge is 0.166 e. The minimum Gasteiger partial charge on any atom is -0.478 e. The molecule has 0 radical (unpaired) electrons. The number of hydrogen-bond acceptors (Lipinski definition) is 2. The molecule has 5 heteroatoms. The fraction of sp³-hybridized carbons (Fsp3) is 0.500. The average molecular weight is 361 g/mol. The Balaban J connectivity index is 2.29. The standard InChI is InChI=1S/C12H18BINOP/c1-12(2,3)10-4-5-11-9(6-10)7-15(8-16-11)17(13)14/h4-6H,7-8,13H2,1-3H3. The molecule has 2 nitrogen and oxygen atoms in total. The molecular weight excluding hydrogens is 343 g/mol. The van der Waals surface area contributed by atoms with E-state index in [1.807, 2.05) is 0 Å². The van der Waals surface area contributed by atoms with Gasteiger partial charge in [-0.15, -0.1) is 0 Å². The van der Waals surface area contributed by atoms with Gasteiger partial charge < -0.3 is 4.74 Å². The van der Waals surface area contributed by atoms with E-state index in [0.717, 1.165) is 19.0 Å². The van der Waals surface area contributed by atoms with Gasteiger partial charge in [0.1, 0.15) is 12.5 Å². The van der Waals surface area contributed by atoms with Gasteiger partial charge in [0.25, 0.3) is 0 Å². The van der Waals surface area contributed by atoms with E-state index in [2.05, 4.69) is 73.2 Å². The van der Waals surface area contributed by atoms with E-state index >= 15 is 0 Å². The van der Waals surface area contributed by atoms with Crippen LogP contribution in [0.5, 0.6) is 5.75 Å². The van der Waals surface area contributed by atoms with Crippen molar-refractivity contribution in [1.82, 2.24) is 4.67 Å². The summed E-state index contributed by atoms with van der Waals surface area (Å²) in [7, 11) is 2.26. The number of ether oxygens (including phenoxy) is 1. The molecule has 0 amide bonds. The first-order chi connectivity index (χ1) is 7.88. The van der Waals surface area contributed by atoms with Crippen molar-refractivity contribution in [3.05, 3.63) is 29.3 Å². The zero-order valence-electron chi connectivity index (χ0n) is 10.8. The van der Waals surface area contributed by atoms with Crippen LogP contribution >= 0.6 is 27.6 Å². The van der Waals surface area contributed by atoms with Gasteiger partial charge >= 0.3 is 0 Å². The van der Waals surface area contributed by atoms with Crippen molar-refractivity contribution in [3.63, 3.8) is 0 Å². The van der Waals surface area contributed by atoms with Crippen molar-refractivity contribution in [1.29, 1.82) is 0 Å². The summed E-state index contributed by atoms with van der Waals surface area (Å²) < 4.78 is 8.20. The maximum Gasteiger partial charge on any atom is 0.166 e. The number of halogens is 1. The maximum absolute atomic E-state index is 5.80. The van der Waals surface area contributed by atoms with Crippen LogP contribution in [0.2, 0.25) is 0 Å². The lowest BCUT2D eigenvalue weighted by atomic mass is 9.86. The summed E-state index contributed by atoms with van der Waals surface area (Å²) in [5, 5.41) is 0. The van der Waals surface area contributed by atoms with E-state index in [1.165, 1.54) is 11.1 Å². The molecule has 2 rings (SSSR count). The molecule has 17 heavy (non-hydrogen) atoms. The van der Waals surface area contributed by atoms with Crippen molar-refractivity contribution in [2.45, 2.75) is 32.7 Å². The summed E-state index contributed by atoms with van der Waals surface area (Å²) in [5.74, 6) is 1.06. The maximum atomic E-state index is 5.80. The highest BCUT2D eigenvalue weighted by Gasteiger charge is 2.22. The lowest BCUT2D eigenvalue weighted by Gasteiger charge is -2.32. The highest BCUT2D eigenvalue weighted by atomic mass is 127. The van der Waals surface area contributed by atoms with E-state index in [1.54, 1.807) is 0 Å². The quantitative estimate of drug-likeness (QED) is 0.432. The van der Waals surface area contributed by atoms with Crippen molar-refractivity contribution in [3.8, 4) is 5.75 Å². The Morgan fingerprint density at radius 1 is 1.41 bits per heavy atom. The molecule has 0 bridgehead atoms. The second-order valence-corrected chi connectivity index (χ2v) is 11.1. The van der Waals surface area contributed by atoms with Gasteiger partial charge in [-0.3, -0.25) is 0 Å². The number of rotatable bonds is 1. The molecule has 1 unspecified atom stereocenters. The van der Waals surface area contributed by atoms with Crippen LogP contribution in [0.4, 0.5) is 0 Å². The first kappa shape index (κ1) is 13.6. The summed E-state index contributed by atoms with van der Waals surface area (Å²) in [5.41, 5.74) is 2.82. The Labute approximate surface area is 119 Å². The number of benzene rings is 1. The van der Waals surface area contributed by atoms with Crippen LogP contribution in [-0.4, -0.2) is 19.0 Å². The Kier molecular flexibility index (Phi) is 4.06. The van der Waals surface area contributed by atoms with Gasteiger partial charge in [-0.1, -0.05) is 32.9 Å². The first-order valence-corrected chi connectivity index (χ1v) is 10.3. The molecule has 0 saturated heterocycles. The monoisotopic (exact) mass is 361 g/mol. The van der Waals surface area contributed by atoms with E-state index in [-0.39, 0.29) is 11.0 Å². The molecule has 0 aromatic heterocycles. The van der Waals surface area contributed by atoms with Gasteiger partial charge in [0, 0.05) is 12.1 Å². The van der Waals surface area contributed by atoms with E-state index in [4.69, 9.17) is 4.74 Å². The Hall–Kier alpha value is 0.205. The third-order valence-corrected chi connectivity index (χ3v) is 5.91. The van der Waals surface area contributed by atoms with Crippen molar-refractivity contribution < 1.29 is 4.74 Å². The highest BCUT2D eigenvalue weighted by Crippen LogP contribution is 2.47. The van der Waals surface area contributed by atoms with E-state index < -0.39 is 0 Å². The fourth-order valence-electron chi connectivity index (χ4n) is 1.87. The molecule has 1 aliphatic rings. The molecule has 1 heterocycles. The molecule has 0 spiro atoms. The minimum absolute atomic E-state index is 0.102. The molecule has 1 aromatic carbocycles. The first-order valence-electron chi connectivity index (χ1n) is 5.78. The Morgan fingerprint density at radius 2 is 2.12 bits per heavy atom. The normalized spacial score (nSPS) is 18.4. The van der Waals surface area contributed by atoms with Crippen LogP contribution in [0.3, 0.4) is 0 Å². The van der Waals surface area contributed by atoms with Gasteiger partial charge in [0.15, 0.2) is 7.57 Å². The van der Waals surface area contributed by atoms with E-state index in [0.29, 0.717) is 0 Å². The summed E-state index contributed by atoms with van der Waals surface area (Å²) in [4.78, 5) is 0. The molecule has 92 valence electrons. The third kappa shape index (κ3) is 3.15. The summed E-state index contributed by atoms with van der Waals surface area (Å²) in [6.07, 6.45) is 0. The number of fused-ring (bicyclic) bond motifs is 1. The predicted molar refractivity (Wildman–Crippen MR) is 85.7 cm³/mol. The molecule has 1 aliphatic heterocycles. The SMILES string of the molecule is BP(I)N1COc2ccc(C(C)(C)C)cc2C1. The molecule has 1 aromatic rings. The van der Waals surface area contributed by atoms with Crippen LogP contribution in [0.25, 0.3) is 0 Å². The number of hydrogen-bond donors (Lipinski definition) is 0. The zero-order chi connectivity index (χ0) is 12.6. The van der Waals surface area contributed by atoms with Crippen LogP contribution in [-0.2, 0) is 12.0 Å². The topological polar surface area (TPSA) is 12.5 Å². The van der Waals surface area contributed by atoms with Crippen molar-refractivity contribution in [2.24, 2.45) is 0 Å². The molecular formula is C12H18BINOP. The van der Waals surface area contributed by atoms with Crippen LogP contribution in [0, 0.1) is 0 Å². The van der Waals surface area contributed by atoms with Crippen molar-refractivity contribution in [2.75, 3.05) is 6.73 Å². The van der Waals surface area contributed by atoms with Gasteiger partial charge in [-0.05, 0) is 44.7 Å². The molecule has 0 saturated carbocycles. The highest BCUT2D eigenvalue weighted by molar-refractivity contribution is 14.2. The van der Waals surface area contributed by atoms with Gasteiger partial charge in [-0.25, -0.2) is 4.67 Å². The van der Waals surface area contributed by atoms with Crippen LogP contribution in [0.15, 0.2) is 18.2 Å². The van der Waals surface area contributed by atoms with Crippen LogP contribution in [0.1, 0.15) is 31.9 Å². The lowest BCUT2D eigenvalue weighted by Crippen LogP contribution is -2.27. The zero-order valence-corrected chi connectivity index (χ0v) is 13.9. The Morgan fingerprint density at radius 3 is 2.71 bits per heavy atom. The lowest BCUT2D eigenvalue weighted by molar-refractivity contribution is 0.179. The molecule has 0 aliphatic carbocycles. The summed E-state index contributed by atoms with van der Waals surface area (Å²) in [6, 6.07) is 6.61. The van der Waals surface area contributed by atoms with Gasteiger partial charge in [-0.2, -0.15) is 0 Å². The summed E-state index contributed by atoms with van der Waals surface area (Å²) >= 11 is 2.50. The fourth-order valence-corrected chi connectivity index (χ4v) is 3.27. The van der Waals surface area contributed by atoms with Gasteiger partial charge in [0.05, 0.1) is 0 Å². The third-order valence-electron chi connectivity index (χ3n) is 3.04. The average Bonchev–Trinajstić information content (AvgIpc) is 2.26. The molecule has 0 fully saturated rings. The molecule has 1 atom stereocenters. The molecule has 0 N–H and O–H groups in total. The second kappa shape index (κ2) is 5.06. The Bertz CT molecular complexity index is 419. The van der Waals surface area contributed by atoms with Gasteiger partial charge in [0.2, 0.25) is 0 Å². The largest absolute Gasteiger partial charge is 0.478 e. The minimum atomic E-state index is -0.102.